The first-order chi connectivity index (χ1) is 9.61. The summed E-state index contributed by atoms with van der Waals surface area (Å²) < 4.78 is 26.6. The number of rotatable bonds is 5. The van der Waals surface area contributed by atoms with Crippen LogP contribution in [0.1, 0.15) is 24.1 Å². The maximum Gasteiger partial charge on any atom is 0.162 e. The van der Waals surface area contributed by atoms with Crippen LogP contribution in [0.4, 0.5) is 8.78 Å². The number of thioether (sulfide) groups is 1. The Morgan fingerprint density at radius 2 is 1.80 bits per heavy atom. The van der Waals surface area contributed by atoms with Gasteiger partial charge < -0.3 is 5.32 Å². The molecule has 0 aliphatic carbocycles. The van der Waals surface area contributed by atoms with E-state index in [1.807, 2.05) is 31.3 Å². The zero-order valence-electron chi connectivity index (χ0n) is 11.5. The van der Waals surface area contributed by atoms with Gasteiger partial charge in [-0.05, 0) is 37.7 Å². The monoisotopic (exact) mass is 293 g/mol. The van der Waals surface area contributed by atoms with Gasteiger partial charge in [0, 0.05) is 22.3 Å². The van der Waals surface area contributed by atoms with E-state index in [4.69, 9.17) is 0 Å². The van der Waals surface area contributed by atoms with Gasteiger partial charge in [0.2, 0.25) is 0 Å². The molecular formula is C16H17F2NS. The Labute approximate surface area is 122 Å². The number of nitrogens with one attached hydrogen (secondary N) is 1. The summed E-state index contributed by atoms with van der Waals surface area (Å²) in [5.74, 6) is -1.12. The van der Waals surface area contributed by atoms with Crippen molar-refractivity contribution in [2.75, 3.05) is 7.05 Å². The van der Waals surface area contributed by atoms with E-state index in [-0.39, 0.29) is 0 Å². The summed E-state index contributed by atoms with van der Waals surface area (Å²) >= 11 is 1.50. The molecule has 2 rings (SSSR count). The highest BCUT2D eigenvalue weighted by molar-refractivity contribution is 7.98. The van der Waals surface area contributed by atoms with Crippen LogP contribution in [0.25, 0.3) is 0 Å². The van der Waals surface area contributed by atoms with Crippen molar-refractivity contribution < 1.29 is 8.78 Å². The molecule has 0 saturated carbocycles. The van der Waals surface area contributed by atoms with Crippen LogP contribution in [-0.2, 0) is 5.75 Å². The number of hydrogen-bond donors (Lipinski definition) is 1. The fourth-order valence-corrected chi connectivity index (χ4v) is 2.71. The van der Waals surface area contributed by atoms with Crippen molar-refractivity contribution in [1.82, 2.24) is 5.32 Å². The van der Waals surface area contributed by atoms with Crippen LogP contribution >= 0.6 is 11.8 Å². The van der Waals surface area contributed by atoms with Gasteiger partial charge in [-0.15, -0.1) is 11.8 Å². The van der Waals surface area contributed by atoms with E-state index in [9.17, 15) is 8.78 Å². The van der Waals surface area contributed by atoms with Gasteiger partial charge in [0.25, 0.3) is 0 Å². The lowest BCUT2D eigenvalue weighted by molar-refractivity contribution is 0.502. The summed E-state index contributed by atoms with van der Waals surface area (Å²) in [5.41, 5.74) is 1.59. The summed E-state index contributed by atoms with van der Waals surface area (Å²) in [6.07, 6.45) is 0. The average molecular weight is 293 g/mol. The zero-order chi connectivity index (χ0) is 14.5. The van der Waals surface area contributed by atoms with Crippen molar-refractivity contribution in [2.45, 2.75) is 23.6 Å². The molecule has 0 spiro atoms. The van der Waals surface area contributed by atoms with Gasteiger partial charge in [0.05, 0.1) is 0 Å². The van der Waals surface area contributed by atoms with E-state index in [1.54, 1.807) is 6.07 Å². The molecule has 106 valence electrons. The van der Waals surface area contributed by atoms with Crippen molar-refractivity contribution in [2.24, 2.45) is 0 Å². The molecule has 0 heterocycles. The predicted molar refractivity (Wildman–Crippen MR) is 79.8 cm³/mol. The van der Waals surface area contributed by atoms with Crippen molar-refractivity contribution in [3.05, 3.63) is 65.2 Å². The van der Waals surface area contributed by atoms with E-state index in [1.165, 1.54) is 23.4 Å². The first-order valence-corrected chi connectivity index (χ1v) is 7.43. The van der Waals surface area contributed by atoms with Gasteiger partial charge in [0.15, 0.2) is 11.6 Å². The molecule has 0 aromatic heterocycles. The lowest BCUT2D eigenvalue weighted by Crippen LogP contribution is -2.11. The maximum absolute atomic E-state index is 13.5. The van der Waals surface area contributed by atoms with Crippen molar-refractivity contribution >= 4 is 11.8 Å². The summed E-state index contributed by atoms with van der Waals surface area (Å²) in [6, 6.07) is 12.7. The molecule has 0 saturated heterocycles. The highest BCUT2D eigenvalue weighted by atomic mass is 32.2. The van der Waals surface area contributed by atoms with E-state index in [0.717, 1.165) is 11.0 Å². The second-order valence-electron chi connectivity index (χ2n) is 4.58. The molecule has 2 aromatic rings. The van der Waals surface area contributed by atoms with Crippen molar-refractivity contribution in [1.29, 1.82) is 0 Å². The second-order valence-corrected chi connectivity index (χ2v) is 5.63. The van der Waals surface area contributed by atoms with Crippen molar-refractivity contribution in [3.8, 4) is 0 Å². The highest BCUT2D eigenvalue weighted by Gasteiger charge is 2.08. The Morgan fingerprint density at radius 3 is 2.45 bits per heavy atom. The Morgan fingerprint density at radius 1 is 1.10 bits per heavy atom. The first-order valence-electron chi connectivity index (χ1n) is 6.44. The third kappa shape index (κ3) is 3.58. The Balaban J connectivity index is 2.02. The number of benzene rings is 2. The Bertz CT molecular complexity index is 569. The van der Waals surface area contributed by atoms with Gasteiger partial charge in [-0.25, -0.2) is 8.78 Å². The molecule has 0 bridgehead atoms. The summed E-state index contributed by atoms with van der Waals surface area (Å²) in [5, 5.41) is 3.17. The van der Waals surface area contributed by atoms with Gasteiger partial charge in [-0.1, -0.05) is 24.3 Å². The predicted octanol–water partition coefficient (Wildman–Crippen LogP) is 4.54. The molecule has 1 unspecified atom stereocenters. The van der Waals surface area contributed by atoms with Crippen LogP contribution < -0.4 is 5.32 Å². The standard InChI is InChI=1S/C16H17F2NS/c1-11(19-2)12-6-8-14(9-7-12)20-10-13-4-3-5-15(17)16(13)18/h3-9,11,19H,10H2,1-2H3. The van der Waals surface area contributed by atoms with Crippen LogP contribution in [0.5, 0.6) is 0 Å². The summed E-state index contributed by atoms with van der Waals surface area (Å²) in [4.78, 5) is 1.04. The molecule has 2 aromatic carbocycles. The minimum atomic E-state index is -0.790. The quantitative estimate of drug-likeness (QED) is 0.812. The van der Waals surface area contributed by atoms with E-state index >= 15 is 0 Å². The zero-order valence-corrected chi connectivity index (χ0v) is 12.3. The summed E-state index contributed by atoms with van der Waals surface area (Å²) in [7, 11) is 1.92. The molecule has 1 atom stereocenters. The smallest absolute Gasteiger partial charge is 0.162 e. The van der Waals surface area contributed by atoms with Crippen molar-refractivity contribution in [3.63, 3.8) is 0 Å². The van der Waals surface area contributed by atoms with Crippen LogP contribution in [0, 0.1) is 11.6 Å². The normalized spacial score (nSPS) is 12.4. The van der Waals surface area contributed by atoms with Crippen LogP contribution in [0.3, 0.4) is 0 Å². The molecule has 4 heteroatoms. The fraction of sp³-hybridized carbons (Fsp3) is 0.250. The highest BCUT2D eigenvalue weighted by Crippen LogP contribution is 2.26. The summed E-state index contributed by atoms with van der Waals surface area (Å²) in [6.45, 7) is 2.09. The molecular weight excluding hydrogens is 276 g/mol. The maximum atomic E-state index is 13.5. The molecule has 0 aliphatic rings. The lowest BCUT2D eigenvalue weighted by Gasteiger charge is -2.11. The van der Waals surface area contributed by atoms with Gasteiger partial charge in [-0.3, -0.25) is 0 Å². The van der Waals surface area contributed by atoms with Crippen LogP contribution in [0.15, 0.2) is 47.4 Å². The number of hydrogen-bond acceptors (Lipinski definition) is 2. The minimum Gasteiger partial charge on any atom is -0.313 e. The van der Waals surface area contributed by atoms with E-state index < -0.39 is 11.6 Å². The second kappa shape index (κ2) is 6.86. The third-order valence-electron chi connectivity index (χ3n) is 3.24. The molecule has 0 radical (unpaired) electrons. The Kier molecular flexibility index (Phi) is 5.15. The van der Waals surface area contributed by atoms with E-state index in [2.05, 4.69) is 12.2 Å². The third-order valence-corrected chi connectivity index (χ3v) is 4.30. The van der Waals surface area contributed by atoms with Gasteiger partial charge >= 0.3 is 0 Å². The molecule has 1 nitrogen and oxygen atoms in total. The van der Waals surface area contributed by atoms with Gasteiger partial charge in [-0.2, -0.15) is 0 Å². The molecule has 0 fully saturated rings. The lowest BCUT2D eigenvalue weighted by atomic mass is 10.1. The topological polar surface area (TPSA) is 12.0 Å². The molecule has 0 amide bonds. The van der Waals surface area contributed by atoms with Crippen LogP contribution in [0.2, 0.25) is 0 Å². The first kappa shape index (κ1) is 15.0. The molecule has 0 aliphatic heterocycles. The fourth-order valence-electron chi connectivity index (χ4n) is 1.84. The largest absolute Gasteiger partial charge is 0.313 e. The Hall–Kier alpha value is -1.39. The van der Waals surface area contributed by atoms with E-state index in [0.29, 0.717) is 17.4 Å². The molecule has 1 N–H and O–H groups in total. The van der Waals surface area contributed by atoms with Crippen LogP contribution in [-0.4, -0.2) is 7.05 Å². The average Bonchev–Trinajstić information content (AvgIpc) is 2.48. The minimum absolute atomic E-state index is 0.301. The number of halogens is 2. The molecule has 20 heavy (non-hydrogen) atoms. The van der Waals surface area contributed by atoms with Gasteiger partial charge in [0.1, 0.15) is 0 Å². The SMILES string of the molecule is CNC(C)c1ccc(SCc2cccc(F)c2F)cc1.